The second-order valence-electron chi connectivity index (χ2n) is 4.30. The zero-order chi connectivity index (χ0) is 13.5. The van der Waals surface area contributed by atoms with E-state index in [1.807, 2.05) is 23.9 Å². The van der Waals surface area contributed by atoms with E-state index in [2.05, 4.69) is 17.2 Å². The Hall–Kier alpha value is -0.960. The maximum absolute atomic E-state index is 12.1. The highest BCUT2D eigenvalue weighted by molar-refractivity contribution is 7.99. The molecule has 3 nitrogen and oxygen atoms in total. The Kier molecular flexibility index (Phi) is 5.77. The topological polar surface area (TPSA) is 49.3 Å². The van der Waals surface area contributed by atoms with Gasteiger partial charge in [0.15, 0.2) is 0 Å². The molecule has 1 fully saturated rings. The first-order chi connectivity index (χ1) is 9.29. The van der Waals surface area contributed by atoms with E-state index in [0.717, 1.165) is 29.2 Å². The minimum absolute atomic E-state index is 0.0112. The van der Waals surface area contributed by atoms with E-state index in [1.165, 1.54) is 11.3 Å². The summed E-state index contributed by atoms with van der Waals surface area (Å²) in [5.74, 6) is 8.09. The van der Waals surface area contributed by atoms with Crippen LogP contribution in [0.1, 0.15) is 33.8 Å². The van der Waals surface area contributed by atoms with E-state index in [9.17, 15) is 4.79 Å². The van der Waals surface area contributed by atoms with Gasteiger partial charge in [0.05, 0.1) is 16.4 Å². The van der Waals surface area contributed by atoms with Gasteiger partial charge in [0.25, 0.3) is 5.91 Å². The van der Waals surface area contributed by atoms with E-state index >= 15 is 0 Å². The third-order valence-electron chi connectivity index (χ3n) is 2.83. The van der Waals surface area contributed by atoms with Crippen molar-refractivity contribution in [1.82, 2.24) is 5.32 Å². The molecule has 19 heavy (non-hydrogen) atoms. The standard InChI is InChI=1S/C14H17NO2S2/c16-8-2-1-3-12-4-5-13(19-12)14(17)15-11-6-9-18-10-7-11/h4-5,11,16H,2,6-10H2,(H,15,17). The molecule has 2 N–H and O–H groups in total. The number of thioether (sulfide) groups is 1. The lowest BCUT2D eigenvalue weighted by atomic mass is 10.1. The smallest absolute Gasteiger partial charge is 0.261 e. The zero-order valence-electron chi connectivity index (χ0n) is 10.6. The van der Waals surface area contributed by atoms with Crippen LogP contribution >= 0.6 is 23.1 Å². The van der Waals surface area contributed by atoms with Crippen molar-refractivity contribution in [3.63, 3.8) is 0 Å². The first-order valence-corrected chi connectivity index (χ1v) is 8.35. The summed E-state index contributed by atoms with van der Waals surface area (Å²) in [7, 11) is 0. The van der Waals surface area contributed by atoms with Gasteiger partial charge in [-0.2, -0.15) is 11.8 Å². The molecule has 0 bridgehead atoms. The normalized spacial score (nSPS) is 15.6. The number of aliphatic hydroxyl groups is 1. The number of nitrogens with one attached hydrogen (secondary N) is 1. The van der Waals surface area contributed by atoms with Crippen molar-refractivity contribution in [2.45, 2.75) is 25.3 Å². The fourth-order valence-electron chi connectivity index (χ4n) is 1.83. The summed E-state index contributed by atoms with van der Waals surface area (Å²) >= 11 is 3.36. The molecule has 1 amide bonds. The number of rotatable bonds is 3. The molecule has 0 unspecified atom stereocenters. The van der Waals surface area contributed by atoms with Gasteiger partial charge in [-0.05, 0) is 36.5 Å². The van der Waals surface area contributed by atoms with Gasteiger partial charge >= 0.3 is 0 Å². The van der Waals surface area contributed by atoms with Gasteiger partial charge in [-0.3, -0.25) is 4.79 Å². The Morgan fingerprint density at radius 1 is 1.42 bits per heavy atom. The summed E-state index contributed by atoms with van der Waals surface area (Å²) in [4.78, 5) is 13.6. The molecule has 2 heterocycles. The maximum Gasteiger partial charge on any atom is 0.261 e. The third-order valence-corrected chi connectivity index (χ3v) is 4.88. The van der Waals surface area contributed by atoms with Crippen molar-refractivity contribution in [2.24, 2.45) is 0 Å². The Morgan fingerprint density at radius 3 is 2.95 bits per heavy atom. The van der Waals surface area contributed by atoms with Gasteiger partial charge in [0, 0.05) is 12.5 Å². The van der Waals surface area contributed by atoms with Gasteiger partial charge < -0.3 is 10.4 Å². The second kappa shape index (κ2) is 7.59. The molecule has 0 aromatic carbocycles. The number of thiophene rings is 1. The minimum atomic E-state index is 0.0112. The second-order valence-corrected chi connectivity index (χ2v) is 6.61. The van der Waals surface area contributed by atoms with Crippen molar-refractivity contribution < 1.29 is 9.90 Å². The largest absolute Gasteiger partial charge is 0.395 e. The van der Waals surface area contributed by atoms with Crippen LogP contribution < -0.4 is 5.32 Å². The number of hydrogen-bond acceptors (Lipinski definition) is 4. The molecular formula is C14H17NO2S2. The molecular weight excluding hydrogens is 278 g/mol. The van der Waals surface area contributed by atoms with Crippen LogP contribution in [0.4, 0.5) is 0 Å². The third kappa shape index (κ3) is 4.57. The van der Waals surface area contributed by atoms with Crippen molar-refractivity contribution >= 4 is 29.0 Å². The van der Waals surface area contributed by atoms with Crippen LogP contribution in [0.25, 0.3) is 0 Å². The first-order valence-electron chi connectivity index (χ1n) is 6.38. The lowest BCUT2D eigenvalue weighted by molar-refractivity contribution is 0.0939. The zero-order valence-corrected chi connectivity index (χ0v) is 12.3. The number of hydrogen-bond donors (Lipinski definition) is 2. The maximum atomic E-state index is 12.1. The number of amides is 1. The van der Waals surface area contributed by atoms with Crippen LogP contribution in [-0.2, 0) is 0 Å². The van der Waals surface area contributed by atoms with Crippen LogP contribution in [-0.4, -0.2) is 35.2 Å². The average molecular weight is 295 g/mol. The first kappa shape index (κ1) is 14.4. The van der Waals surface area contributed by atoms with Crippen LogP contribution in [0, 0.1) is 11.8 Å². The monoisotopic (exact) mass is 295 g/mol. The fourth-order valence-corrected chi connectivity index (χ4v) is 3.72. The van der Waals surface area contributed by atoms with E-state index in [1.54, 1.807) is 0 Å². The molecule has 0 radical (unpaired) electrons. The molecule has 102 valence electrons. The van der Waals surface area contributed by atoms with E-state index in [-0.39, 0.29) is 12.5 Å². The Morgan fingerprint density at radius 2 is 2.21 bits per heavy atom. The van der Waals surface area contributed by atoms with Crippen molar-refractivity contribution in [2.75, 3.05) is 18.1 Å². The SMILES string of the molecule is O=C(NC1CCSCC1)c1ccc(C#CCCO)s1. The van der Waals surface area contributed by atoms with Gasteiger partial charge in [0.2, 0.25) is 0 Å². The Balaban J connectivity index is 1.90. The van der Waals surface area contributed by atoms with Crippen molar-refractivity contribution in [3.8, 4) is 11.8 Å². The molecule has 1 aliphatic rings. The molecule has 0 spiro atoms. The predicted octanol–water partition coefficient (Wildman–Crippen LogP) is 2.11. The average Bonchev–Trinajstić information content (AvgIpc) is 2.89. The highest BCUT2D eigenvalue weighted by Gasteiger charge is 2.17. The predicted molar refractivity (Wildman–Crippen MR) is 80.7 cm³/mol. The highest BCUT2D eigenvalue weighted by Crippen LogP contribution is 2.19. The molecule has 1 aromatic rings. The summed E-state index contributed by atoms with van der Waals surface area (Å²) in [6.45, 7) is 0.0748. The van der Waals surface area contributed by atoms with Gasteiger partial charge in [-0.25, -0.2) is 0 Å². The number of carbonyl (C=O) groups excluding carboxylic acids is 1. The summed E-state index contributed by atoms with van der Waals surface area (Å²) in [5.41, 5.74) is 0. The van der Waals surface area contributed by atoms with Gasteiger partial charge in [-0.1, -0.05) is 11.8 Å². The van der Waals surface area contributed by atoms with Crippen molar-refractivity contribution in [1.29, 1.82) is 0 Å². The fraction of sp³-hybridized carbons (Fsp3) is 0.500. The van der Waals surface area contributed by atoms with E-state index in [4.69, 9.17) is 5.11 Å². The molecule has 0 saturated carbocycles. The number of aliphatic hydroxyl groups excluding tert-OH is 1. The molecule has 1 saturated heterocycles. The van der Waals surface area contributed by atoms with Crippen LogP contribution in [0.5, 0.6) is 0 Å². The number of carbonyl (C=O) groups is 1. The minimum Gasteiger partial charge on any atom is -0.395 e. The molecule has 5 heteroatoms. The lowest BCUT2D eigenvalue weighted by Gasteiger charge is -2.22. The Labute approximate surface area is 121 Å². The van der Waals surface area contributed by atoms with Crippen molar-refractivity contribution in [3.05, 3.63) is 21.9 Å². The quantitative estimate of drug-likeness (QED) is 0.840. The summed E-state index contributed by atoms with van der Waals surface area (Å²) in [6.07, 6.45) is 2.59. The molecule has 0 aliphatic carbocycles. The van der Waals surface area contributed by atoms with Crippen LogP contribution in [0.2, 0.25) is 0 Å². The van der Waals surface area contributed by atoms with Crippen LogP contribution in [0.3, 0.4) is 0 Å². The van der Waals surface area contributed by atoms with E-state index < -0.39 is 0 Å². The molecule has 2 rings (SSSR count). The summed E-state index contributed by atoms with van der Waals surface area (Å²) in [6, 6.07) is 4.00. The van der Waals surface area contributed by atoms with Gasteiger partial charge in [0.1, 0.15) is 0 Å². The summed E-state index contributed by atoms with van der Waals surface area (Å²) < 4.78 is 0. The lowest BCUT2D eigenvalue weighted by Crippen LogP contribution is -2.36. The van der Waals surface area contributed by atoms with Crippen LogP contribution in [0.15, 0.2) is 12.1 Å². The van der Waals surface area contributed by atoms with Gasteiger partial charge in [-0.15, -0.1) is 11.3 Å². The molecule has 1 aliphatic heterocycles. The Bertz CT molecular complexity index is 481. The van der Waals surface area contributed by atoms with E-state index in [0.29, 0.717) is 17.3 Å². The molecule has 1 aromatic heterocycles. The highest BCUT2D eigenvalue weighted by atomic mass is 32.2. The molecule has 0 atom stereocenters. The summed E-state index contributed by atoms with van der Waals surface area (Å²) in [5, 5.41) is 11.7.